The van der Waals surface area contributed by atoms with E-state index in [-0.39, 0.29) is 6.04 Å². The quantitative estimate of drug-likeness (QED) is 0.755. The van der Waals surface area contributed by atoms with Gasteiger partial charge >= 0.3 is 0 Å². The number of rotatable bonds is 5. The minimum Gasteiger partial charge on any atom is -0.496 e. The summed E-state index contributed by atoms with van der Waals surface area (Å²) < 4.78 is 6.70. The SMILES string of the molecule is COc1ccc(C)cc1[C@@H](C)NCc1nc2ccccc2s1. The van der Waals surface area contributed by atoms with Crippen molar-refractivity contribution in [3.05, 3.63) is 58.6 Å². The normalized spacial score (nSPS) is 12.5. The van der Waals surface area contributed by atoms with Crippen LogP contribution in [-0.4, -0.2) is 12.1 Å². The highest BCUT2D eigenvalue weighted by molar-refractivity contribution is 7.18. The fraction of sp³-hybridized carbons (Fsp3) is 0.278. The Bertz CT molecular complexity index is 749. The summed E-state index contributed by atoms with van der Waals surface area (Å²) in [4.78, 5) is 4.66. The number of nitrogens with zero attached hydrogens (tertiary/aromatic N) is 1. The molecule has 0 saturated heterocycles. The lowest BCUT2D eigenvalue weighted by Gasteiger charge is -2.17. The second kappa shape index (κ2) is 6.46. The average Bonchev–Trinajstić information content (AvgIpc) is 2.95. The summed E-state index contributed by atoms with van der Waals surface area (Å²) in [7, 11) is 1.72. The third-order valence-corrected chi connectivity index (χ3v) is 4.79. The van der Waals surface area contributed by atoms with Crippen molar-refractivity contribution in [1.82, 2.24) is 10.3 Å². The lowest BCUT2D eigenvalue weighted by Crippen LogP contribution is -2.18. The van der Waals surface area contributed by atoms with Crippen molar-refractivity contribution < 1.29 is 4.74 Å². The van der Waals surface area contributed by atoms with Crippen molar-refractivity contribution in [1.29, 1.82) is 0 Å². The van der Waals surface area contributed by atoms with Crippen molar-refractivity contribution in [3.63, 3.8) is 0 Å². The van der Waals surface area contributed by atoms with Crippen LogP contribution in [0.1, 0.15) is 29.1 Å². The second-order valence-corrected chi connectivity index (χ2v) is 6.54. The monoisotopic (exact) mass is 312 g/mol. The first-order valence-electron chi connectivity index (χ1n) is 7.40. The molecule has 4 heteroatoms. The second-order valence-electron chi connectivity index (χ2n) is 5.42. The van der Waals surface area contributed by atoms with E-state index in [0.717, 1.165) is 22.8 Å². The topological polar surface area (TPSA) is 34.1 Å². The highest BCUT2D eigenvalue weighted by atomic mass is 32.1. The van der Waals surface area contributed by atoms with Gasteiger partial charge in [0.2, 0.25) is 0 Å². The molecule has 0 saturated carbocycles. The van der Waals surface area contributed by atoms with Gasteiger partial charge in [-0.25, -0.2) is 4.98 Å². The molecule has 1 aromatic heterocycles. The van der Waals surface area contributed by atoms with Gasteiger partial charge in [-0.2, -0.15) is 0 Å². The van der Waals surface area contributed by atoms with Gasteiger partial charge in [0.25, 0.3) is 0 Å². The molecule has 0 fully saturated rings. The summed E-state index contributed by atoms with van der Waals surface area (Å²) >= 11 is 1.74. The zero-order valence-electron chi connectivity index (χ0n) is 13.1. The minimum absolute atomic E-state index is 0.210. The fourth-order valence-corrected chi connectivity index (χ4v) is 3.46. The zero-order chi connectivity index (χ0) is 15.5. The summed E-state index contributed by atoms with van der Waals surface area (Å²) in [5, 5.41) is 4.66. The molecular weight excluding hydrogens is 292 g/mol. The number of nitrogens with one attached hydrogen (secondary N) is 1. The molecule has 0 aliphatic carbocycles. The van der Waals surface area contributed by atoms with Crippen LogP contribution in [-0.2, 0) is 6.54 Å². The Morgan fingerprint density at radius 3 is 2.82 bits per heavy atom. The Kier molecular flexibility index (Phi) is 4.41. The average molecular weight is 312 g/mol. The van der Waals surface area contributed by atoms with Crippen LogP contribution >= 0.6 is 11.3 Å². The number of ether oxygens (including phenoxy) is 1. The van der Waals surface area contributed by atoms with Crippen LogP contribution < -0.4 is 10.1 Å². The Hall–Kier alpha value is -1.91. The number of benzene rings is 2. The lowest BCUT2D eigenvalue weighted by atomic mass is 10.0. The van der Waals surface area contributed by atoms with Crippen LogP contribution in [0, 0.1) is 6.92 Å². The van der Waals surface area contributed by atoms with Crippen LogP contribution in [0.5, 0.6) is 5.75 Å². The van der Waals surface area contributed by atoms with E-state index < -0.39 is 0 Å². The van der Waals surface area contributed by atoms with Crippen molar-refractivity contribution in [2.45, 2.75) is 26.4 Å². The van der Waals surface area contributed by atoms with Gasteiger partial charge in [-0.3, -0.25) is 0 Å². The largest absolute Gasteiger partial charge is 0.496 e. The molecule has 1 atom stereocenters. The van der Waals surface area contributed by atoms with Crippen LogP contribution in [0.3, 0.4) is 0 Å². The van der Waals surface area contributed by atoms with E-state index in [1.807, 2.05) is 12.1 Å². The molecule has 0 aliphatic rings. The van der Waals surface area contributed by atoms with E-state index in [0.29, 0.717) is 0 Å². The van der Waals surface area contributed by atoms with E-state index in [2.05, 4.69) is 54.5 Å². The van der Waals surface area contributed by atoms with Gasteiger partial charge in [-0.15, -0.1) is 11.3 Å². The van der Waals surface area contributed by atoms with E-state index in [1.54, 1.807) is 18.4 Å². The van der Waals surface area contributed by atoms with Crippen LogP contribution in [0.25, 0.3) is 10.2 Å². The first-order valence-corrected chi connectivity index (χ1v) is 8.21. The molecule has 0 spiro atoms. The van der Waals surface area contributed by atoms with Gasteiger partial charge in [0.1, 0.15) is 10.8 Å². The van der Waals surface area contributed by atoms with E-state index in [9.17, 15) is 0 Å². The molecular formula is C18H20N2OS. The molecule has 2 aromatic carbocycles. The van der Waals surface area contributed by atoms with Gasteiger partial charge in [0, 0.05) is 18.2 Å². The van der Waals surface area contributed by atoms with Crippen molar-refractivity contribution in [2.75, 3.05) is 7.11 Å². The third kappa shape index (κ3) is 3.13. The Balaban J connectivity index is 1.74. The van der Waals surface area contributed by atoms with Crippen LogP contribution in [0.4, 0.5) is 0 Å². The standard InChI is InChI=1S/C18H20N2OS/c1-12-8-9-16(21-3)14(10-12)13(2)19-11-18-20-15-6-4-5-7-17(15)22-18/h4-10,13,19H,11H2,1-3H3/t13-/m1/s1. The molecule has 0 radical (unpaired) electrons. The maximum Gasteiger partial charge on any atom is 0.123 e. The molecule has 1 heterocycles. The highest BCUT2D eigenvalue weighted by Crippen LogP contribution is 2.27. The first-order chi connectivity index (χ1) is 10.7. The summed E-state index contributed by atoms with van der Waals surface area (Å²) in [5.74, 6) is 0.926. The molecule has 114 valence electrons. The molecule has 0 amide bonds. The number of aryl methyl sites for hydroxylation is 1. The lowest BCUT2D eigenvalue weighted by molar-refractivity contribution is 0.401. The van der Waals surface area contributed by atoms with Gasteiger partial charge in [-0.05, 0) is 32.0 Å². The fourth-order valence-electron chi connectivity index (χ4n) is 2.54. The third-order valence-electron chi connectivity index (χ3n) is 3.75. The van der Waals surface area contributed by atoms with Gasteiger partial charge in [-0.1, -0.05) is 29.8 Å². The molecule has 0 bridgehead atoms. The number of hydrogen-bond acceptors (Lipinski definition) is 4. The molecule has 1 N–H and O–H groups in total. The maximum absolute atomic E-state index is 5.47. The minimum atomic E-state index is 0.210. The van der Waals surface area contributed by atoms with Crippen molar-refractivity contribution in [2.24, 2.45) is 0 Å². The molecule has 3 rings (SSSR count). The van der Waals surface area contributed by atoms with Crippen LogP contribution in [0.2, 0.25) is 0 Å². The van der Waals surface area contributed by atoms with Crippen LogP contribution in [0.15, 0.2) is 42.5 Å². The first kappa shape index (κ1) is 15.0. The Morgan fingerprint density at radius 2 is 2.05 bits per heavy atom. The number of fused-ring (bicyclic) bond motifs is 1. The van der Waals surface area contributed by atoms with E-state index in [1.165, 1.54) is 15.8 Å². The summed E-state index contributed by atoms with van der Waals surface area (Å²) in [5.41, 5.74) is 3.50. The predicted octanol–water partition coefficient (Wildman–Crippen LogP) is 4.46. The molecule has 22 heavy (non-hydrogen) atoms. The van der Waals surface area contributed by atoms with Gasteiger partial charge < -0.3 is 10.1 Å². The summed E-state index contributed by atoms with van der Waals surface area (Å²) in [6, 6.07) is 14.7. The smallest absolute Gasteiger partial charge is 0.123 e. The zero-order valence-corrected chi connectivity index (χ0v) is 13.9. The number of methoxy groups -OCH3 is 1. The summed E-state index contributed by atoms with van der Waals surface area (Å²) in [6.45, 7) is 5.02. The number of aromatic nitrogens is 1. The number of para-hydroxylation sites is 1. The van der Waals surface area contributed by atoms with Gasteiger partial charge in [0.05, 0.1) is 17.3 Å². The Labute approximate surface area is 135 Å². The highest BCUT2D eigenvalue weighted by Gasteiger charge is 2.12. The summed E-state index contributed by atoms with van der Waals surface area (Å²) in [6.07, 6.45) is 0. The predicted molar refractivity (Wildman–Crippen MR) is 92.6 cm³/mol. The number of thiazole rings is 1. The van der Waals surface area contributed by atoms with Gasteiger partial charge in [0.15, 0.2) is 0 Å². The molecule has 0 unspecified atom stereocenters. The van der Waals surface area contributed by atoms with E-state index >= 15 is 0 Å². The van der Waals surface area contributed by atoms with E-state index in [4.69, 9.17) is 4.74 Å². The maximum atomic E-state index is 5.47. The number of hydrogen-bond donors (Lipinski definition) is 1. The molecule has 3 aromatic rings. The molecule has 0 aliphatic heterocycles. The molecule has 3 nitrogen and oxygen atoms in total. The van der Waals surface area contributed by atoms with Crippen molar-refractivity contribution in [3.8, 4) is 5.75 Å². The van der Waals surface area contributed by atoms with Crippen molar-refractivity contribution >= 4 is 21.6 Å². The Morgan fingerprint density at radius 1 is 1.23 bits per heavy atom.